The third kappa shape index (κ3) is 4.96. The number of aromatic nitrogens is 3. The highest BCUT2D eigenvalue weighted by molar-refractivity contribution is 7.99. The van der Waals surface area contributed by atoms with Crippen LogP contribution in [0.25, 0.3) is 10.7 Å². The van der Waals surface area contributed by atoms with Gasteiger partial charge in [-0.05, 0) is 28.5 Å². The highest BCUT2D eigenvalue weighted by atomic mass is 32.2. The van der Waals surface area contributed by atoms with E-state index in [2.05, 4.69) is 21.0 Å². The fourth-order valence-corrected chi connectivity index (χ4v) is 4.73. The molecule has 3 heterocycles. The van der Waals surface area contributed by atoms with Crippen LogP contribution < -0.4 is 10.9 Å². The summed E-state index contributed by atoms with van der Waals surface area (Å²) in [4.78, 5) is 25.7. The van der Waals surface area contributed by atoms with Crippen LogP contribution in [0.15, 0.2) is 70.5 Å². The molecular weight excluding hydrogens is 438 g/mol. The second-order valence-electron chi connectivity index (χ2n) is 6.12. The van der Waals surface area contributed by atoms with Gasteiger partial charge in [-0.15, -0.1) is 32.9 Å². The number of carbonyl (C=O) groups excluding carboxylic acids is 2. The Hall–Kier alpha value is -2.95. The number of benzene rings is 1. The summed E-state index contributed by atoms with van der Waals surface area (Å²) in [5, 5.41) is 13.1. The molecule has 7 nitrogen and oxygen atoms in total. The van der Waals surface area contributed by atoms with Crippen molar-refractivity contribution in [2.24, 2.45) is 0 Å². The van der Waals surface area contributed by atoms with Crippen molar-refractivity contribution in [3.63, 3.8) is 0 Å². The summed E-state index contributed by atoms with van der Waals surface area (Å²) < 4.78 is 2.00. The van der Waals surface area contributed by atoms with E-state index >= 15 is 0 Å². The maximum absolute atomic E-state index is 12.2. The molecule has 10 heteroatoms. The van der Waals surface area contributed by atoms with Crippen LogP contribution in [-0.4, -0.2) is 32.3 Å². The summed E-state index contributed by atoms with van der Waals surface area (Å²) in [7, 11) is 0. The zero-order chi connectivity index (χ0) is 20.8. The van der Waals surface area contributed by atoms with Crippen LogP contribution in [0.2, 0.25) is 0 Å². The number of amides is 2. The Morgan fingerprint density at radius 1 is 0.933 bits per heavy atom. The van der Waals surface area contributed by atoms with Crippen molar-refractivity contribution in [1.82, 2.24) is 25.6 Å². The minimum absolute atomic E-state index is 0.0993. The molecule has 2 N–H and O–H groups in total. The Morgan fingerprint density at radius 3 is 2.47 bits per heavy atom. The summed E-state index contributed by atoms with van der Waals surface area (Å²) in [5.74, 6) is 0.206. The topological polar surface area (TPSA) is 88.9 Å². The zero-order valence-corrected chi connectivity index (χ0v) is 18.1. The van der Waals surface area contributed by atoms with Gasteiger partial charge in [0.1, 0.15) is 0 Å². The molecule has 0 saturated heterocycles. The molecule has 0 aliphatic heterocycles. The largest absolute Gasteiger partial charge is 0.297 e. The molecule has 0 unspecified atom stereocenters. The van der Waals surface area contributed by atoms with Gasteiger partial charge in [-0.1, -0.05) is 54.2 Å². The molecule has 0 aliphatic carbocycles. The van der Waals surface area contributed by atoms with E-state index in [1.54, 1.807) is 28.8 Å². The number of nitrogens with one attached hydrogen (secondary N) is 2. The smallest absolute Gasteiger partial charge is 0.279 e. The maximum Gasteiger partial charge on any atom is 0.279 e. The lowest BCUT2D eigenvalue weighted by molar-refractivity contribution is -0.119. The van der Waals surface area contributed by atoms with Crippen LogP contribution in [0, 0.1) is 0 Å². The average Bonchev–Trinajstić information content (AvgIpc) is 3.53. The molecule has 0 aliphatic rings. The fourth-order valence-electron chi connectivity index (χ4n) is 2.65. The number of hydrogen-bond acceptors (Lipinski definition) is 7. The van der Waals surface area contributed by atoms with Crippen LogP contribution in [0.4, 0.5) is 0 Å². The summed E-state index contributed by atoms with van der Waals surface area (Å²) in [6, 6.07) is 17.5. The molecule has 0 atom stereocenters. The lowest BCUT2D eigenvalue weighted by Crippen LogP contribution is -2.42. The second kappa shape index (κ2) is 9.70. The van der Waals surface area contributed by atoms with Crippen LogP contribution in [-0.2, 0) is 11.3 Å². The Morgan fingerprint density at radius 2 is 1.73 bits per heavy atom. The van der Waals surface area contributed by atoms with Gasteiger partial charge in [0.2, 0.25) is 5.91 Å². The molecule has 0 bridgehead atoms. The van der Waals surface area contributed by atoms with E-state index in [1.807, 2.05) is 52.4 Å². The van der Waals surface area contributed by atoms with Crippen LogP contribution in [0.3, 0.4) is 0 Å². The summed E-state index contributed by atoms with van der Waals surface area (Å²) in [6.07, 6.45) is 0. The first-order valence-corrected chi connectivity index (χ1v) is 11.7. The third-order valence-electron chi connectivity index (χ3n) is 4.03. The molecule has 4 aromatic rings. The number of hydrazine groups is 1. The van der Waals surface area contributed by atoms with E-state index in [0.717, 1.165) is 16.3 Å². The van der Waals surface area contributed by atoms with Crippen LogP contribution in [0.5, 0.6) is 0 Å². The SMILES string of the molecule is O=C(CSc1nnc(-c2cccs2)n1Cc1ccccc1)NNC(=O)c1cccs1. The number of rotatable bonds is 7. The normalized spacial score (nSPS) is 10.7. The monoisotopic (exact) mass is 455 g/mol. The molecule has 30 heavy (non-hydrogen) atoms. The van der Waals surface area contributed by atoms with Gasteiger partial charge in [0.05, 0.1) is 22.1 Å². The van der Waals surface area contributed by atoms with Crippen molar-refractivity contribution < 1.29 is 9.59 Å². The van der Waals surface area contributed by atoms with Gasteiger partial charge >= 0.3 is 0 Å². The number of carbonyl (C=O) groups is 2. The highest BCUT2D eigenvalue weighted by Gasteiger charge is 2.17. The number of thiophene rings is 2. The average molecular weight is 456 g/mol. The third-order valence-corrected chi connectivity index (χ3v) is 6.74. The predicted octanol–water partition coefficient (Wildman–Crippen LogP) is 3.67. The van der Waals surface area contributed by atoms with Crippen molar-refractivity contribution in [3.8, 4) is 10.7 Å². The van der Waals surface area contributed by atoms with Crippen molar-refractivity contribution in [1.29, 1.82) is 0 Å². The molecule has 0 saturated carbocycles. The van der Waals surface area contributed by atoms with E-state index < -0.39 is 0 Å². The van der Waals surface area contributed by atoms with E-state index in [1.165, 1.54) is 23.1 Å². The van der Waals surface area contributed by atoms with Crippen molar-refractivity contribution in [3.05, 3.63) is 75.8 Å². The first-order valence-electron chi connectivity index (χ1n) is 8.97. The molecule has 2 amide bonds. The van der Waals surface area contributed by atoms with Gasteiger partial charge in [0.15, 0.2) is 11.0 Å². The molecule has 1 aromatic carbocycles. The quantitative estimate of drug-likeness (QED) is 0.328. The van der Waals surface area contributed by atoms with Crippen LogP contribution in [0.1, 0.15) is 15.2 Å². The highest BCUT2D eigenvalue weighted by Crippen LogP contribution is 2.28. The Kier molecular flexibility index (Phi) is 6.57. The van der Waals surface area contributed by atoms with Crippen LogP contribution >= 0.6 is 34.4 Å². The first kappa shape index (κ1) is 20.3. The maximum atomic E-state index is 12.2. The Labute approximate surface area is 185 Å². The molecule has 3 aromatic heterocycles. The summed E-state index contributed by atoms with van der Waals surface area (Å²) >= 11 is 4.17. The molecule has 4 rings (SSSR count). The summed E-state index contributed by atoms with van der Waals surface area (Å²) in [6.45, 7) is 0.597. The summed E-state index contributed by atoms with van der Waals surface area (Å²) in [5.41, 5.74) is 5.97. The van der Waals surface area contributed by atoms with Crippen molar-refractivity contribution in [2.75, 3.05) is 5.75 Å². The van der Waals surface area contributed by atoms with Crippen molar-refractivity contribution in [2.45, 2.75) is 11.7 Å². The minimum atomic E-state index is -0.337. The zero-order valence-electron chi connectivity index (χ0n) is 15.6. The Bertz CT molecular complexity index is 1110. The molecule has 0 radical (unpaired) electrons. The van der Waals surface area contributed by atoms with E-state index in [9.17, 15) is 9.59 Å². The number of thioether (sulfide) groups is 1. The van der Waals surface area contributed by atoms with Gasteiger partial charge in [-0.25, -0.2) is 0 Å². The fraction of sp³-hybridized carbons (Fsp3) is 0.100. The standard InChI is InChI=1S/C20H17N5O2S3/c26-17(21-23-19(27)16-9-5-11-29-16)13-30-20-24-22-18(15-8-4-10-28-15)25(20)12-14-6-2-1-3-7-14/h1-11H,12-13H2,(H,21,26)(H,23,27). The first-order chi connectivity index (χ1) is 14.7. The predicted molar refractivity (Wildman–Crippen MR) is 120 cm³/mol. The van der Waals surface area contributed by atoms with Gasteiger partial charge in [0.25, 0.3) is 5.91 Å². The lowest BCUT2D eigenvalue weighted by Gasteiger charge is -2.10. The van der Waals surface area contributed by atoms with Gasteiger partial charge < -0.3 is 0 Å². The van der Waals surface area contributed by atoms with Gasteiger partial charge in [-0.2, -0.15) is 0 Å². The number of nitrogens with zero attached hydrogens (tertiary/aromatic N) is 3. The number of hydrogen-bond donors (Lipinski definition) is 2. The Balaban J connectivity index is 1.43. The molecule has 152 valence electrons. The second-order valence-corrected chi connectivity index (χ2v) is 8.96. The van der Waals surface area contributed by atoms with E-state index in [-0.39, 0.29) is 17.6 Å². The van der Waals surface area contributed by atoms with E-state index in [4.69, 9.17) is 0 Å². The van der Waals surface area contributed by atoms with Gasteiger partial charge in [-0.3, -0.25) is 25.0 Å². The molecule has 0 spiro atoms. The lowest BCUT2D eigenvalue weighted by atomic mass is 10.2. The molecular formula is C20H17N5O2S3. The van der Waals surface area contributed by atoms with Gasteiger partial charge in [0, 0.05) is 0 Å². The van der Waals surface area contributed by atoms with E-state index in [0.29, 0.717) is 16.6 Å². The minimum Gasteiger partial charge on any atom is -0.297 e. The molecule has 0 fully saturated rings. The van der Waals surface area contributed by atoms with Crippen molar-refractivity contribution >= 4 is 46.2 Å².